The first-order valence-corrected chi connectivity index (χ1v) is 16.5. The highest BCUT2D eigenvalue weighted by Gasteiger charge is 2.54. The molecule has 4 aliphatic heterocycles. The van der Waals surface area contributed by atoms with Crippen molar-refractivity contribution in [3.05, 3.63) is 39.4 Å². The van der Waals surface area contributed by atoms with Gasteiger partial charge in [-0.2, -0.15) is 5.26 Å². The molecule has 4 aliphatic rings. The maximum Gasteiger partial charge on any atom is 0.408 e. The zero-order valence-corrected chi connectivity index (χ0v) is 29.2. The van der Waals surface area contributed by atoms with Gasteiger partial charge in [0.05, 0.1) is 25.3 Å². The number of fused-ring (bicyclic) bond motifs is 9. The molecule has 2 aromatic carbocycles. The first-order valence-electron chi connectivity index (χ1n) is 16.5. The molecule has 1 unspecified atom stereocenters. The number of carbonyl (C=O) groups excluding carboxylic acids is 2. The summed E-state index contributed by atoms with van der Waals surface area (Å²) in [5.41, 5.74) is 4.00. The predicted octanol–water partition coefficient (Wildman–Crippen LogP) is 3.19. The number of hydrogen-bond acceptors (Lipinski definition) is 12. The molecule has 0 aromatic heterocycles. The van der Waals surface area contributed by atoms with Crippen molar-refractivity contribution in [1.82, 2.24) is 20.9 Å². The number of hydrogen-bond donors (Lipinski definition) is 4. The second kappa shape index (κ2) is 13.1. The molecule has 2 amide bonds. The lowest BCUT2D eigenvalue weighted by molar-refractivity contribution is -0.123. The van der Waals surface area contributed by atoms with Crippen molar-refractivity contribution in [1.29, 1.82) is 5.26 Å². The summed E-state index contributed by atoms with van der Waals surface area (Å²) in [5, 5.41) is 31.7. The van der Waals surface area contributed by atoms with Gasteiger partial charge in [0.25, 0.3) is 0 Å². The predicted molar refractivity (Wildman–Crippen MR) is 176 cm³/mol. The number of carbonyl (C=O) groups is 2. The smallest absolute Gasteiger partial charge is 0.408 e. The topological polar surface area (TPSA) is 173 Å². The molecule has 0 radical (unpaired) electrons. The highest BCUT2D eigenvalue weighted by atomic mass is 16.7. The van der Waals surface area contributed by atoms with Crippen LogP contribution in [0.2, 0.25) is 0 Å². The molecule has 2 aromatic rings. The van der Waals surface area contributed by atoms with E-state index in [9.17, 15) is 20.0 Å². The molecule has 14 nitrogen and oxygen atoms in total. The Balaban J connectivity index is 1.44. The highest BCUT2D eigenvalue weighted by Crippen LogP contribution is 2.56. The molecule has 14 heteroatoms. The largest absolute Gasteiger partial charge is 0.507 e. The van der Waals surface area contributed by atoms with Gasteiger partial charge in [-0.05, 0) is 65.5 Å². The van der Waals surface area contributed by atoms with E-state index in [1.54, 1.807) is 48.8 Å². The zero-order valence-electron chi connectivity index (χ0n) is 29.2. The monoisotopic (exact) mass is 679 g/mol. The summed E-state index contributed by atoms with van der Waals surface area (Å²) in [7, 11) is 3.16. The van der Waals surface area contributed by atoms with Gasteiger partial charge in [0.2, 0.25) is 12.7 Å². The summed E-state index contributed by atoms with van der Waals surface area (Å²) >= 11 is 0. The van der Waals surface area contributed by atoms with Gasteiger partial charge in [-0.3, -0.25) is 9.69 Å². The average Bonchev–Trinajstić information content (AvgIpc) is 3.53. The maximum atomic E-state index is 13.4. The standard InChI is InChI=1S/C35H45N5O9/c1-16-9-19-10-21-23(12-36)40-22(27(39-21)25(19)31(29(16)45-8)46-14-44-7)11-20-26(32-30(47-15-48-32)17(2)28(20)41)24(40)13-37-33(42)18(3)38-34(43)49-35(4,5)6/h9,18,21-24,27,39,41H,10-11,13-15H2,1-8H3,(H,37,42)(H,38,43)/t18-,21+,22?,23-,24-,27+/m0/s1. The number of nitrogens with zero attached hydrogens (tertiary/aromatic N) is 2. The summed E-state index contributed by atoms with van der Waals surface area (Å²) in [6.07, 6.45) is 0.195. The summed E-state index contributed by atoms with van der Waals surface area (Å²) in [4.78, 5) is 28.0. The minimum absolute atomic E-state index is 0.00800. The maximum absolute atomic E-state index is 13.4. The number of nitriles is 1. The van der Waals surface area contributed by atoms with Crippen molar-refractivity contribution in [2.24, 2.45) is 0 Å². The molecule has 0 saturated carbocycles. The third-order valence-electron chi connectivity index (χ3n) is 9.68. The lowest BCUT2D eigenvalue weighted by Gasteiger charge is -2.56. The normalized spacial score (nSPS) is 24.0. The van der Waals surface area contributed by atoms with Crippen LogP contribution in [0.25, 0.3) is 0 Å². The van der Waals surface area contributed by atoms with Gasteiger partial charge in [0.15, 0.2) is 29.8 Å². The summed E-state index contributed by atoms with van der Waals surface area (Å²) < 4.78 is 34.5. The van der Waals surface area contributed by atoms with Crippen LogP contribution in [0, 0.1) is 25.2 Å². The Bertz CT molecular complexity index is 1700. The lowest BCUT2D eigenvalue weighted by atomic mass is 9.72. The number of alkyl carbamates (subject to hydrolysis) is 1. The Morgan fingerprint density at radius 3 is 2.57 bits per heavy atom. The number of methoxy groups -OCH3 is 2. The molecule has 6 atom stereocenters. The Kier molecular flexibility index (Phi) is 9.21. The fourth-order valence-electron chi connectivity index (χ4n) is 7.76. The zero-order chi connectivity index (χ0) is 35.4. The van der Waals surface area contributed by atoms with Crippen LogP contribution in [0.5, 0.6) is 28.7 Å². The van der Waals surface area contributed by atoms with Crippen molar-refractivity contribution in [2.45, 2.75) is 96.2 Å². The fraction of sp³-hybridized carbons (Fsp3) is 0.571. The molecule has 2 bridgehead atoms. The second-order valence-electron chi connectivity index (χ2n) is 14.0. The van der Waals surface area contributed by atoms with Crippen LogP contribution in [0.1, 0.15) is 73.2 Å². The Hall–Kier alpha value is -4.45. The van der Waals surface area contributed by atoms with E-state index >= 15 is 0 Å². The fourth-order valence-corrected chi connectivity index (χ4v) is 7.76. The van der Waals surface area contributed by atoms with E-state index in [-0.39, 0.29) is 44.0 Å². The van der Waals surface area contributed by atoms with Crippen LogP contribution >= 0.6 is 0 Å². The summed E-state index contributed by atoms with van der Waals surface area (Å²) in [6, 6.07) is 1.53. The number of nitrogens with one attached hydrogen (secondary N) is 3. The lowest BCUT2D eigenvalue weighted by Crippen LogP contribution is -2.68. The number of phenols is 1. The average molecular weight is 680 g/mol. The minimum atomic E-state index is -0.914. The van der Waals surface area contributed by atoms with Crippen molar-refractivity contribution in [2.75, 3.05) is 34.4 Å². The van der Waals surface area contributed by atoms with Gasteiger partial charge in [-0.1, -0.05) is 6.07 Å². The van der Waals surface area contributed by atoms with E-state index < -0.39 is 35.7 Å². The van der Waals surface area contributed by atoms with Gasteiger partial charge in [0, 0.05) is 48.0 Å². The molecule has 1 saturated heterocycles. The van der Waals surface area contributed by atoms with E-state index in [1.165, 1.54) is 0 Å². The van der Waals surface area contributed by atoms with Gasteiger partial charge < -0.3 is 49.5 Å². The first-order chi connectivity index (χ1) is 23.3. The van der Waals surface area contributed by atoms with Crippen molar-refractivity contribution in [3.8, 4) is 34.8 Å². The molecule has 49 heavy (non-hydrogen) atoms. The van der Waals surface area contributed by atoms with Crippen LogP contribution in [0.3, 0.4) is 0 Å². The van der Waals surface area contributed by atoms with Crippen LogP contribution in [-0.4, -0.2) is 86.1 Å². The van der Waals surface area contributed by atoms with E-state index in [2.05, 4.69) is 33.0 Å². The third-order valence-corrected chi connectivity index (χ3v) is 9.68. The molecule has 4 heterocycles. The number of aromatic hydroxyl groups is 1. The Labute approximate surface area is 285 Å². The van der Waals surface area contributed by atoms with Crippen LogP contribution in [-0.2, 0) is 27.1 Å². The quantitative estimate of drug-likeness (QED) is 0.301. The molecular formula is C35H45N5O9. The number of benzene rings is 2. The van der Waals surface area contributed by atoms with Crippen molar-refractivity contribution in [3.63, 3.8) is 0 Å². The van der Waals surface area contributed by atoms with E-state index in [4.69, 9.17) is 28.4 Å². The number of amides is 2. The molecular weight excluding hydrogens is 634 g/mol. The molecule has 4 N–H and O–H groups in total. The number of piperazine rings is 1. The Morgan fingerprint density at radius 1 is 1.16 bits per heavy atom. The van der Waals surface area contributed by atoms with Gasteiger partial charge in [0.1, 0.15) is 23.4 Å². The van der Waals surface area contributed by atoms with E-state index in [1.807, 2.05) is 6.92 Å². The number of aryl methyl sites for hydroxylation is 1. The van der Waals surface area contributed by atoms with Crippen LogP contribution in [0.4, 0.5) is 4.79 Å². The highest BCUT2D eigenvalue weighted by molar-refractivity contribution is 5.85. The van der Waals surface area contributed by atoms with Gasteiger partial charge >= 0.3 is 6.09 Å². The second-order valence-corrected chi connectivity index (χ2v) is 14.0. The molecule has 264 valence electrons. The summed E-state index contributed by atoms with van der Waals surface area (Å²) in [5.74, 6) is 1.73. The van der Waals surface area contributed by atoms with E-state index in [0.717, 1.165) is 16.7 Å². The van der Waals surface area contributed by atoms with E-state index in [0.29, 0.717) is 52.5 Å². The minimum Gasteiger partial charge on any atom is -0.507 e. The Morgan fingerprint density at radius 2 is 1.90 bits per heavy atom. The molecule has 6 rings (SSSR count). The summed E-state index contributed by atoms with van der Waals surface area (Å²) in [6.45, 7) is 10.6. The van der Waals surface area contributed by atoms with Crippen LogP contribution < -0.4 is 34.9 Å². The van der Waals surface area contributed by atoms with Crippen molar-refractivity contribution < 1.29 is 43.1 Å². The number of ether oxygens (including phenoxy) is 6. The van der Waals surface area contributed by atoms with Crippen LogP contribution in [0.15, 0.2) is 6.07 Å². The van der Waals surface area contributed by atoms with Crippen molar-refractivity contribution >= 4 is 12.0 Å². The molecule has 1 fully saturated rings. The SMILES string of the molecule is COCOc1c(OC)c(C)cc2c1[C@@H]1N[C@H](C2)[C@H](C#N)N2C1Cc1c(O)c(C)c3c(c1[C@@H]2CNC(=O)[C@H](C)NC(=O)OC(C)(C)C)OCO3. The third kappa shape index (κ3) is 6.04. The molecule has 0 spiro atoms. The van der Waals surface area contributed by atoms with Gasteiger partial charge in [-0.25, -0.2) is 4.79 Å². The number of rotatable bonds is 8. The van der Waals surface area contributed by atoms with Gasteiger partial charge in [-0.15, -0.1) is 0 Å². The number of phenolic OH excluding ortho intramolecular Hbond substituents is 1. The molecule has 0 aliphatic carbocycles. The first kappa shape index (κ1) is 34.4.